The number of primary amides is 1. The topological polar surface area (TPSA) is 109 Å². The Bertz CT molecular complexity index is 476. The Labute approximate surface area is 111 Å². The maximum absolute atomic E-state index is 11.0. The molecule has 0 fully saturated rings. The number of hydrogen-bond donors (Lipinski definition) is 2. The van der Waals surface area contributed by atoms with Crippen molar-refractivity contribution in [3.63, 3.8) is 0 Å². The molecular weight excluding hydrogens is 248 g/mol. The molecule has 1 aromatic rings. The van der Waals surface area contributed by atoms with Crippen molar-refractivity contribution < 1.29 is 14.7 Å². The minimum Gasteiger partial charge on any atom is -0.478 e. The van der Waals surface area contributed by atoms with Crippen molar-refractivity contribution in [3.05, 3.63) is 17.5 Å². The fourth-order valence-corrected chi connectivity index (χ4v) is 1.60. The van der Waals surface area contributed by atoms with Crippen LogP contribution in [0.3, 0.4) is 0 Å². The van der Waals surface area contributed by atoms with Gasteiger partial charge in [0.1, 0.15) is 0 Å². The van der Waals surface area contributed by atoms with E-state index in [4.69, 9.17) is 10.8 Å². The molecule has 1 heterocycles. The number of rotatable bonds is 7. The lowest BCUT2D eigenvalue weighted by Gasteiger charge is -2.21. The van der Waals surface area contributed by atoms with Crippen molar-refractivity contribution in [2.24, 2.45) is 5.73 Å². The summed E-state index contributed by atoms with van der Waals surface area (Å²) in [6.45, 7) is 4.25. The maximum Gasteiger partial charge on any atom is 0.339 e. The summed E-state index contributed by atoms with van der Waals surface area (Å²) in [6, 6.07) is 0. The predicted molar refractivity (Wildman–Crippen MR) is 70.0 cm³/mol. The lowest BCUT2D eigenvalue weighted by molar-refractivity contribution is -0.116. The minimum atomic E-state index is -1.07. The van der Waals surface area contributed by atoms with E-state index >= 15 is 0 Å². The van der Waals surface area contributed by atoms with Gasteiger partial charge in [-0.15, -0.1) is 0 Å². The van der Waals surface area contributed by atoms with Crippen LogP contribution in [0.5, 0.6) is 0 Å². The maximum atomic E-state index is 11.0. The number of unbranched alkanes of at least 4 members (excludes halogenated alkanes) is 1. The van der Waals surface area contributed by atoms with Crippen LogP contribution in [0, 0.1) is 6.92 Å². The Balaban J connectivity index is 2.98. The van der Waals surface area contributed by atoms with Crippen molar-refractivity contribution in [1.29, 1.82) is 0 Å². The van der Waals surface area contributed by atoms with Crippen molar-refractivity contribution in [1.82, 2.24) is 9.97 Å². The second-order valence-electron chi connectivity index (χ2n) is 4.22. The van der Waals surface area contributed by atoms with Crippen LogP contribution in [0.1, 0.15) is 35.8 Å². The summed E-state index contributed by atoms with van der Waals surface area (Å²) in [7, 11) is 0. The summed E-state index contributed by atoms with van der Waals surface area (Å²) >= 11 is 0. The molecular formula is C12H18N4O3. The number of aromatic carboxylic acids is 1. The van der Waals surface area contributed by atoms with Crippen LogP contribution >= 0.6 is 0 Å². The summed E-state index contributed by atoms with van der Waals surface area (Å²) in [4.78, 5) is 31.7. The minimum absolute atomic E-state index is 0.0197. The molecule has 0 radical (unpaired) electrons. The Morgan fingerprint density at radius 3 is 2.63 bits per heavy atom. The van der Waals surface area contributed by atoms with Crippen LogP contribution in [0.25, 0.3) is 0 Å². The molecule has 3 N–H and O–H groups in total. The molecule has 0 unspecified atom stereocenters. The van der Waals surface area contributed by atoms with Crippen LogP contribution in [0.2, 0.25) is 0 Å². The molecule has 0 bridgehead atoms. The number of carboxylic acid groups (broad SMARTS) is 1. The van der Waals surface area contributed by atoms with E-state index in [9.17, 15) is 9.59 Å². The molecule has 1 amide bonds. The normalized spacial score (nSPS) is 10.2. The second-order valence-corrected chi connectivity index (χ2v) is 4.22. The third kappa shape index (κ3) is 4.20. The Hall–Kier alpha value is -2.18. The van der Waals surface area contributed by atoms with Crippen LogP contribution in [-0.2, 0) is 4.79 Å². The number of carboxylic acids is 1. The number of aryl methyl sites for hydroxylation is 1. The van der Waals surface area contributed by atoms with E-state index in [1.54, 1.807) is 11.8 Å². The molecule has 7 heteroatoms. The highest BCUT2D eigenvalue weighted by molar-refractivity contribution is 5.88. The van der Waals surface area contributed by atoms with Gasteiger partial charge in [-0.05, 0) is 13.3 Å². The average molecular weight is 266 g/mol. The summed E-state index contributed by atoms with van der Waals surface area (Å²) in [5.74, 6) is -1.21. The zero-order chi connectivity index (χ0) is 14.4. The van der Waals surface area contributed by atoms with Crippen LogP contribution in [0.15, 0.2) is 6.20 Å². The SMILES string of the molecule is CCCCN(CC(N)=O)c1ncc(C(=O)O)c(C)n1. The third-order valence-electron chi connectivity index (χ3n) is 2.61. The number of carbonyl (C=O) groups excluding carboxylic acids is 1. The number of aromatic nitrogens is 2. The molecule has 0 saturated heterocycles. The average Bonchev–Trinajstić information content (AvgIpc) is 2.33. The third-order valence-corrected chi connectivity index (χ3v) is 2.61. The van der Waals surface area contributed by atoms with Gasteiger partial charge in [0, 0.05) is 12.7 Å². The van der Waals surface area contributed by atoms with Gasteiger partial charge < -0.3 is 15.7 Å². The summed E-state index contributed by atoms with van der Waals surface area (Å²) < 4.78 is 0. The van der Waals surface area contributed by atoms with Gasteiger partial charge in [-0.3, -0.25) is 4.79 Å². The van der Waals surface area contributed by atoms with Gasteiger partial charge in [0.15, 0.2) is 0 Å². The van der Waals surface area contributed by atoms with Crippen molar-refractivity contribution in [2.75, 3.05) is 18.0 Å². The number of amides is 1. The standard InChI is InChI=1S/C12H18N4O3/c1-3-4-5-16(7-10(13)17)12-14-6-9(11(18)19)8(2)15-12/h6H,3-5,7H2,1-2H3,(H2,13,17)(H,18,19). The van der Waals surface area contributed by atoms with E-state index in [1.165, 1.54) is 6.20 Å². The number of nitrogens with zero attached hydrogens (tertiary/aromatic N) is 3. The summed E-state index contributed by atoms with van der Waals surface area (Å²) in [5, 5.41) is 8.91. The second kappa shape index (κ2) is 6.67. The van der Waals surface area contributed by atoms with Crippen LogP contribution in [-0.4, -0.2) is 40.0 Å². The molecule has 0 aliphatic heterocycles. The zero-order valence-corrected chi connectivity index (χ0v) is 11.1. The molecule has 0 aliphatic carbocycles. The van der Waals surface area contributed by atoms with Gasteiger partial charge in [-0.2, -0.15) is 0 Å². The molecule has 0 atom stereocenters. The van der Waals surface area contributed by atoms with E-state index in [1.807, 2.05) is 6.92 Å². The number of anilines is 1. The molecule has 0 saturated carbocycles. The Morgan fingerprint density at radius 2 is 2.16 bits per heavy atom. The predicted octanol–water partition coefficient (Wildman–Crippen LogP) is 0.575. The van der Waals surface area contributed by atoms with Gasteiger partial charge in [0.05, 0.1) is 17.8 Å². The molecule has 1 aromatic heterocycles. The number of nitrogens with two attached hydrogens (primary N) is 1. The zero-order valence-electron chi connectivity index (χ0n) is 11.1. The molecule has 19 heavy (non-hydrogen) atoms. The largest absolute Gasteiger partial charge is 0.478 e. The van der Waals surface area contributed by atoms with Gasteiger partial charge >= 0.3 is 5.97 Å². The van der Waals surface area contributed by atoms with Gasteiger partial charge in [0.2, 0.25) is 11.9 Å². The molecule has 0 spiro atoms. The quantitative estimate of drug-likeness (QED) is 0.746. The van der Waals surface area contributed by atoms with Crippen molar-refractivity contribution in [3.8, 4) is 0 Å². The highest BCUT2D eigenvalue weighted by Gasteiger charge is 2.15. The number of hydrogen-bond acceptors (Lipinski definition) is 5. The van der Waals surface area contributed by atoms with Crippen LogP contribution < -0.4 is 10.6 Å². The first kappa shape index (κ1) is 14.9. The van der Waals surface area contributed by atoms with E-state index in [0.717, 1.165) is 12.8 Å². The summed E-state index contributed by atoms with van der Waals surface area (Å²) in [6.07, 6.45) is 3.08. The highest BCUT2D eigenvalue weighted by atomic mass is 16.4. The lowest BCUT2D eigenvalue weighted by Crippen LogP contribution is -2.35. The van der Waals surface area contributed by atoms with Crippen molar-refractivity contribution >= 4 is 17.8 Å². The van der Waals surface area contributed by atoms with E-state index in [0.29, 0.717) is 18.2 Å². The summed E-state index contributed by atoms with van der Waals surface area (Å²) in [5.41, 5.74) is 5.61. The molecule has 7 nitrogen and oxygen atoms in total. The van der Waals surface area contributed by atoms with E-state index in [2.05, 4.69) is 9.97 Å². The van der Waals surface area contributed by atoms with Crippen LogP contribution in [0.4, 0.5) is 5.95 Å². The first-order valence-electron chi connectivity index (χ1n) is 6.05. The van der Waals surface area contributed by atoms with Gasteiger partial charge in [-0.1, -0.05) is 13.3 Å². The molecule has 104 valence electrons. The highest BCUT2D eigenvalue weighted by Crippen LogP contribution is 2.12. The van der Waals surface area contributed by atoms with Gasteiger partial charge in [-0.25, -0.2) is 14.8 Å². The first-order chi connectivity index (χ1) is 8.95. The fourth-order valence-electron chi connectivity index (χ4n) is 1.60. The lowest BCUT2D eigenvalue weighted by atomic mass is 10.2. The molecule has 0 aromatic carbocycles. The molecule has 1 rings (SSSR count). The van der Waals surface area contributed by atoms with E-state index < -0.39 is 11.9 Å². The Morgan fingerprint density at radius 1 is 1.47 bits per heavy atom. The Kier molecular flexibility index (Phi) is 5.23. The molecule has 0 aliphatic rings. The fraction of sp³-hybridized carbons (Fsp3) is 0.500. The van der Waals surface area contributed by atoms with Crippen molar-refractivity contribution in [2.45, 2.75) is 26.7 Å². The smallest absolute Gasteiger partial charge is 0.339 e. The first-order valence-corrected chi connectivity index (χ1v) is 6.05. The monoisotopic (exact) mass is 266 g/mol. The van der Waals surface area contributed by atoms with E-state index in [-0.39, 0.29) is 12.1 Å². The number of carbonyl (C=O) groups is 2. The van der Waals surface area contributed by atoms with Gasteiger partial charge in [0.25, 0.3) is 0 Å².